The minimum atomic E-state index is -4.48. The zero-order valence-corrected chi connectivity index (χ0v) is 9.82. The number of carbonyl (C=O) groups is 1. The van der Waals surface area contributed by atoms with Crippen LogP contribution in [0, 0.1) is 5.92 Å². The number of pyridine rings is 1. The maximum Gasteiger partial charge on any atom is 0.416 e. The molecule has 0 aliphatic carbocycles. The Balaban J connectivity index is 2.94. The van der Waals surface area contributed by atoms with E-state index in [-0.39, 0.29) is 11.7 Å². The molecule has 0 amide bonds. The highest BCUT2D eigenvalue weighted by molar-refractivity contribution is 5.77. The van der Waals surface area contributed by atoms with E-state index in [1.807, 2.05) is 0 Å². The summed E-state index contributed by atoms with van der Waals surface area (Å²) in [5.74, 6) is -1.52. The van der Waals surface area contributed by atoms with Crippen LogP contribution in [-0.2, 0) is 11.0 Å². The zero-order valence-electron chi connectivity index (χ0n) is 9.82. The number of anilines is 1. The maximum atomic E-state index is 12.5. The lowest BCUT2D eigenvalue weighted by Crippen LogP contribution is -2.34. The van der Waals surface area contributed by atoms with Gasteiger partial charge in [0.25, 0.3) is 0 Å². The second-order valence-corrected chi connectivity index (χ2v) is 4.13. The average Bonchev–Trinajstić information content (AvgIpc) is 2.24. The van der Waals surface area contributed by atoms with Gasteiger partial charge in [0.05, 0.1) is 5.56 Å². The van der Waals surface area contributed by atoms with Crippen LogP contribution in [0.1, 0.15) is 19.4 Å². The molecule has 1 atom stereocenters. The standard InChI is InChI=1S/C11H13F3N2O2/c1-6(2)9(10(17)18)16-8-5-7(3-4-15-8)11(12,13)14/h3-6,9H,1-2H3,(H,15,16)(H,17,18)/t9-/m0/s1. The van der Waals surface area contributed by atoms with Crippen molar-refractivity contribution in [2.75, 3.05) is 5.32 Å². The van der Waals surface area contributed by atoms with E-state index in [0.717, 1.165) is 18.3 Å². The number of alkyl halides is 3. The molecule has 0 aliphatic rings. The largest absolute Gasteiger partial charge is 0.480 e. The van der Waals surface area contributed by atoms with E-state index >= 15 is 0 Å². The summed E-state index contributed by atoms with van der Waals surface area (Å²) in [6, 6.07) is 0.634. The highest BCUT2D eigenvalue weighted by atomic mass is 19.4. The highest BCUT2D eigenvalue weighted by Gasteiger charge is 2.31. The predicted molar refractivity (Wildman–Crippen MR) is 59.1 cm³/mol. The molecule has 100 valence electrons. The Morgan fingerprint density at radius 1 is 1.44 bits per heavy atom. The molecule has 0 unspecified atom stereocenters. The number of hydrogen-bond donors (Lipinski definition) is 2. The van der Waals surface area contributed by atoms with Gasteiger partial charge in [-0.15, -0.1) is 0 Å². The summed E-state index contributed by atoms with van der Waals surface area (Å²) in [5.41, 5.74) is -0.868. The molecule has 0 aliphatic heterocycles. The number of nitrogens with zero attached hydrogens (tertiary/aromatic N) is 1. The van der Waals surface area contributed by atoms with Gasteiger partial charge in [-0.2, -0.15) is 13.2 Å². The number of aliphatic carboxylic acids is 1. The van der Waals surface area contributed by atoms with Crippen LogP contribution in [-0.4, -0.2) is 22.1 Å². The lowest BCUT2D eigenvalue weighted by molar-refractivity contribution is -0.139. The first-order valence-electron chi connectivity index (χ1n) is 5.24. The van der Waals surface area contributed by atoms with Crippen LogP contribution in [0.2, 0.25) is 0 Å². The van der Waals surface area contributed by atoms with Crippen molar-refractivity contribution in [2.45, 2.75) is 26.1 Å². The molecular weight excluding hydrogens is 249 g/mol. The summed E-state index contributed by atoms with van der Waals surface area (Å²) in [4.78, 5) is 14.6. The van der Waals surface area contributed by atoms with E-state index in [9.17, 15) is 18.0 Å². The zero-order chi connectivity index (χ0) is 13.9. The Hall–Kier alpha value is -1.79. The molecule has 7 heteroatoms. The number of hydrogen-bond acceptors (Lipinski definition) is 3. The molecule has 1 rings (SSSR count). The Morgan fingerprint density at radius 2 is 2.06 bits per heavy atom. The summed E-state index contributed by atoms with van der Waals surface area (Å²) < 4.78 is 37.4. The molecule has 0 aromatic carbocycles. The third-order valence-electron chi connectivity index (χ3n) is 2.32. The van der Waals surface area contributed by atoms with Crippen LogP contribution >= 0.6 is 0 Å². The van der Waals surface area contributed by atoms with E-state index in [0.29, 0.717) is 0 Å². The van der Waals surface area contributed by atoms with Crippen molar-refractivity contribution >= 4 is 11.8 Å². The van der Waals surface area contributed by atoms with E-state index in [4.69, 9.17) is 5.11 Å². The third kappa shape index (κ3) is 3.61. The SMILES string of the molecule is CC(C)[C@H](Nc1cc(C(F)(F)F)ccn1)C(=O)O. The predicted octanol–water partition coefficient (Wildman–Crippen LogP) is 2.62. The van der Waals surface area contributed by atoms with Crippen molar-refractivity contribution in [3.63, 3.8) is 0 Å². The normalized spacial score (nSPS) is 13.4. The first kappa shape index (κ1) is 14.3. The summed E-state index contributed by atoms with van der Waals surface area (Å²) in [7, 11) is 0. The first-order valence-corrected chi connectivity index (χ1v) is 5.24. The maximum absolute atomic E-state index is 12.5. The van der Waals surface area contributed by atoms with Crippen LogP contribution in [0.25, 0.3) is 0 Å². The average molecular weight is 262 g/mol. The van der Waals surface area contributed by atoms with Gasteiger partial charge >= 0.3 is 12.1 Å². The smallest absolute Gasteiger partial charge is 0.416 e. The number of carboxylic acids is 1. The van der Waals surface area contributed by atoms with Crippen LogP contribution in [0.3, 0.4) is 0 Å². The summed E-state index contributed by atoms with van der Waals surface area (Å²) in [5, 5.41) is 11.4. The highest BCUT2D eigenvalue weighted by Crippen LogP contribution is 2.30. The minimum absolute atomic E-state index is 0.106. The van der Waals surface area contributed by atoms with Gasteiger partial charge < -0.3 is 10.4 Å². The number of nitrogens with one attached hydrogen (secondary N) is 1. The lowest BCUT2D eigenvalue weighted by Gasteiger charge is -2.19. The van der Waals surface area contributed by atoms with E-state index in [1.165, 1.54) is 0 Å². The number of rotatable bonds is 4. The van der Waals surface area contributed by atoms with Gasteiger partial charge in [0.1, 0.15) is 11.9 Å². The van der Waals surface area contributed by atoms with E-state index in [2.05, 4.69) is 10.3 Å². The van der Waals surface area contributed by atoms with Gasteiger partial charge in [-0.25, -0.2) is 9.78 Å². The van der Waals surface area contributed by atoms with Crippen LogP contribution < -0.4 is 5.32 Å². The van der Waals surface area contributed by atoms with Crippen molar-refractivity contribution in [1.82, 2.24) is 4.98 Å². The van der Waals surface area contributed by atoms with Gasteiger partial charge in [0, 0.05) is 6.20 Å². The van der Waals surface area contributed by atoms with Crippen LogP contribution in [0.5, 0.6) is 0 Å². The molecule has 1 aromatic rings. The topological polar surface area (TPSA) is 62.2 Å². The second kappa shape index (κ2) is 5.24. The number of aromatic nitrogens is 1. The molecule has 0 bridgehead atoms. The fraction of sp³-hybridized carbons (Fsp3) is 0.455. The molecule has 4 nitrogen and oxygen atoms in total. The van der Waals surface area contributed by atoms with Gasteiger partial charge in [0.15, 0.2) is 0 Å². The van der Waals surface area contributed by atoms with Gasteiger partial charge in [-0.05, 0) is 18.1 Å². The van der Waals surface area contributed by atoms with Gasteiger partial charge in [-0.1, -0.05) is 13.8 Å². The monoisotopic (exact) mass is 262 g/mol. The number of carboxylic acid groups (broad SMARTS) is 1. The molecule has 0 saturated carbocycles. The van der Waals surface area contributed by atoms with Crippen LogP contribution in [0.4, 0.5) is 19.0 Å². The summed E-state index contributed by atoms with van der Waals surface area (Å²) in [6.45, 7) is 3.30. The molecule has 1 heterocycles. The molecule has 1 aromatic heterocycles. The molecule has 0 fully saturated rings. The van der Waals surface area contributed by atoms with Crippen molar-refractivity contribution in [2.24, 2.45) is 5.92 Å². The number of halogens is 3. The quantitative estimate of drug-likeness (QED) is 0.875. The summed E-state index contributed by atoms with van der Waals surface area (Å²) in [6.07, 6.45) is -3.49. The first-order chi connectivity index (χ1) is 8.21. The molecule has 0 spiro atoms. The van der Waals surface area contributed by atoms with Gasteiger partial charge in [0.2, 0.25) is 0 Å². The molecule has 0 radical (unpaired) electrons. The lowest BCUT2D eigenvalue weighted by atomic mass is 10.0. The van der Waals surface area contributed by atoms with Crippen molar-refractivity contribution in [3.05, 3.63) is 23.9 Å². The second-order valence-electron chi connectivity index (χ2n) is 4.13. The minimum Gasteiger partial charge on any atom is -0.480 e. The molecule has 0 saturated heterocycles. The fourth-order valence-corrected chi connectivity index (χ4v) is 1.36. The molecule has 2 N–H and O–H groups in total. The van der Waals surface area contributed by atoms with Crippen LogP contribution in [0.15, 0.2) is 18.3 Å². The van der Waals surface area contributed by atoms with Crippen molar-refractivity contribution < 1.29 is 23.1 Å². The summed E-state index contributed by atoms with van der Waals surface area (Å²) >= 11 is 0. The Morgan fingerprint density at radius 3 is 2.50 bits per heavy atom. The van der Waals surface area contributed by atoms with Crippen molar-refractivity contribution in [3.8, 4) is 0 Å². The molecule has 18 heavy (non-hydrogen) atoms. The third-order valence-corrected chi connectivity index (χ3v) is 2.32. The van der Waals surface area contributed by atoms with E-state index in [1.54, 1.807) is 13.8 Å². The van der Waals surface area contributed by atoms with Gasteiger partial charge in [-0.3, -0.25) is 0 Å². The Labute approximate surface area is 102 Å². The Bertz CT molecular complexity index is 433. The van der Waals surface area contributed by atoms with E-state index < -0.39 is 23.8 Å². The Kier molecular flexibility index (Phi) is 4.15. The fourth-order valence-electron chi connectivity index (χ4n) is 1.36. The molecular formula is C11H13F3N2O2. The van der Waals surface area contributed by atoms with Crippen molar-refractivity contribution in [1.29, 1.82) is 0 Å².